The molecule has 80 valence electrons. The van der Waals surface area contributed by atoms with Crippen LogP contribution < -0.4 is 11.1 Å². The number of rotatable bonds is 2. The van der Waals surface area contributed by atoms with E-state index < -0.39 is 0 Å². The van der Waals surface area contributed by atoms with Gasteiger partial charge in [-0.05, 0) is 18.2 Å². The average molecular weight is 214 g/mol. The molecule has 0 aliphatic rings. The first-order valence-electron chi connectivity index (χ1n) is 4.69. The standard InChI is InChI=1S/C11H10N4O/c12-10-7-8(4-6-14-10)15-11(16)9-3-1-2-5-13-9/h1-7H,(H3,12,14,15,16). The molecule has 3 N–H and O–H groups in total. The minimum atomic E-state index is -0.272. The third-order valence-electron chi connectivity index (χ3n) is 1.94. The topological polar surface area (TPSA) is 80.9 Å². The monoisotopic (exact) mass is 214 g/mol. The van der Waals surface area contributed by atoms with Crippen molar-refractivity contribution in [3.63, 3.8) is 0 Å². The molecular weight excluding hydrogens is 204 g/mol. The maximum Gasteiger partial charge on any atom is 0.274 e. The summed E-state index contributed by atoms with van der Waals surface area (Å²) < 4.78 is 0. The fourth-order valence-corrected chi connectivity index (χ4v) is 1.22. The Labute approximate surface area is 92.3 Å². The van der Waals surface area contributed by atoms with E-state index >= 15 is 0 Å². The number of amides is 1. The van der Waals surface area contributed by atoms with Crippen LogP contribution in [-0.4, -0.2) is 15.9 Å². The van der Waals surface area contributed by atoms with Gasteiger partial charge in [0, 0.05) is 24.1 Å². The molecule has 2 rings (SSSR count). The van der Waals surface area contributed by atoms with Crippen LogP contribution in [0, 0.1) is 0 Å². The smallest absolute Gasteiger partial charge is 0.274 e. The van der Waals surface area contributed by atoms with Gasteiger partial charge in [0.15, 0.2) is 0 Å². The Morgan fingerprint density at radius 2 is 2.06 bits per heavy atom. The van der Waals surface area contributed by atoms with Crippen molar-refractivity contribution in [2.24, 2.45) is 0 Å². The van der Waals surface area contributed by atoms with Gasteiger partial charge in [-0.15, -0.1) is 0 Å². The maximum absolute atomic E-state index is 11.7. The van der Waals surface area contributed by atoms with Crippen LogP contribution in [0.4, 0.5) is 11.5 Å². The molecule has 0 fully saturated rings. The van der Waals surface area contributed by atoms with Gasteiger partial charge in [-0.2, -0.15) is 0 Å². The molecule has 16 heavy (non-hydrogen) atoms. The van der Waals surface area contributed by atoms with Crippen LogP contribution in [0.25, 0.3) is 0 Å². The zero-order valence-electron chi connectivity index (χ0n) is 8.42. The molecule has 0 unspecified atom stereocenters. The number of carbonyl (C=O) groups excluding carboxylic acids is 1. The van der Waals surface area contributed by atoms with Crippen LogP contribution >= 0.6 is 0 Å². The number of anilines is 2. The van der Waals surface area contributed by atoms with Crippen molar-refractivity contribution in [2.45, 2.75) is 0 Å². The van der Waals surface area contributed by atoms with Gasteiger partial charge in [0.2, 0.25) is 0 Å². The quantitative estimate of drug-likeness (QED) is 0.789. The lowest BCUT2D eigenvalue weighted by Gasteiger charge is -2.04. The Hall–Kier alpha value is -2.43. The van der Waals surface area contributed by atoms with Gasteiger partial charge in [0.25, 0.3) is 5.91 Å². The molecule has 0 atom stereocenters. The number of nitrogens with two attached hydrogens (primary N) is 1. The van der Waals surface area contributed by atoms with Gasteiger partial charge < -0.3 is 11.1 Å². The molecule has 0 saturated heterocycles. The van der Waals surface area contributed by atoms with Crippen molar-refractivity contribution >= 4 is 17.4 Å². The zero-order valence-corrected chi connectivity index (χ0v) is 8.42. The summed E-state index contributed by atoms with van der Waals surface area (Å²) in [5.41, 5.74) is 6.45. The third-order valence-corrected chi connectivity index (χ3v) is 1.94. The van der Waals surface area contributed by atoms with E-state index in [-0.39, 0.29) is 5.91 Å². The highest BCUT2D eigenvalue weighted by molar-refractivity contribution is 6.02. The Morgan fingerprint density at radius 1 is 1.19 bits per heavy atom. The fraction of sp³-hybridized carbons (Fsp3) is 0. The van der Waals surface area contributed by atoms with E-state index in [1.54, 1.807) is 36.5 Å². The summed E-state index contributed by atoms with van der Waals surface area (Å²) in [4.78, 5) is 19.5. The molecule has 0 radical (unpaired) electrons. The van der Waals surface area contributed by atoms with Gasteiger partial charge in [-0.25, -0.2) is 4.98 Å². The second kappa shape index (κ2) is 4.39. The predicted octanol–water partition coefficient (Wildman–Crippen LogP) is 1.31. The predicted molar refractivity (Wildman–Crippen MR) is 60.8 cm³/mol. The highest BCUT2D eigenvalue weighted by Crippen LogP contribution is 2.10. The molecule has 2 aromatic rings. The molecule has 1 amide bonds. The van der Waals surface area contributed by atoms with E-state index in [0.717, 1.165) is 0 Å². The largest absolute Gasteiger partial charge is 0.384 e. The number of nitrogen functional groups attached to an aromatic ring is 1. The summed E-state index contributed by atoms with van der Waals surface area (Å²) in [6.45, 7) is 0. The van der Waals surface area contributed by atoms with E-state index in [0.29, 0.717) is 17.2 Å². The van der Waals surface area contributed by atoms with Gasteiger partial charge >= 0.3 is 0 Å². The maximum atomic E-state index is 11.7. The second-order valence-electron chi connectivity index (χ2n) is 3.14. The van der Waals surface area contributed by atoms with Crippen molar-refractivity contribution in [2.75, 3.05) is 11.1 Å². The van der Waals surface area contributed by atoms with E-state index in [2.05, 4.69) is 15.3 Å². The summed E-state index contributed by atoms with van der Waals surface area (Å²) in [5.74, 6) is 0.0880. The van der Waals surface area contributed by atoms with Crippen LogP contribution in [0.5, 0.6) is 0 Å². The molecule has 0 aromatic carbocycles. The number of hydrogen-bond donors (Lipinski definition) is 2. The van der Waals surface area contributed by atoms with Gasteiger partial charge in [0.05, 0.1) is 0 Å². The highest BCUT2D eigenvalue weighted by atomic mass is 16.1. The number of aromatic nitrogens is 2. The molecule has 0 aliphatic carbocycles. The van der Waals surface area contributed by atoms with E-state index in [9.17, 15) is 4.79 Å². The lowest BCUT2D eigenvalue weighted by molar-refractivity contribution is 0.102. The Kier molecular flexibility index (Phi) is 2.77. The molecule has 2 aromatic heterocycles. The minimum Gasteiger partial charge on any atom is -0.384 e. The van der Waals surface area contributed by atoms with Crippen LogP contribution in [0.2, 0.25) is 0 Å². The molecule has 0 bridgehead atoms. The van der Waals surface area contributed by atoms with Gasteiger partial charge in [-0.1, -0.05) is 6.07 Å². The highest BCUT2D eigenvalue weighted by Gasteiger charge is 2.06. The second-order valence-corrected chi connectivity index (χ2v) is 3.14. The molecule has 5 nitrogen and oxygen atoms in total. The first-order valence-corrected chi connectivity index (χ1v) is 4.69. The van der Waals surface area contributed by atoms with E-state index in [1.807, 2.05) is 0 Å². The zero-order chi connectivity index (χ0) is 11.4. The average Bonchev–Trinajstić information content (AvgIpc) is 2.30. The van der Waals surface area contributed by atoms with Crippen LogP contribution in [0.15, 0.2) is 42.7 Å². The molecule has 0 spiro atoms. The van der Waals surface area contributed by atoms with Crippen molar-refractivity contribution in [3.8, 4) is 0 Å². The van der Waals surface area contributed by atoms with Crippen LogP contribution in [0.3, 0.4) is 0 Å². The van der Waals surface area contributed by atoms with Gasteiger partial charge in [0.1, 0.15) is 11.5 Å². The summed E-state index contributed by atoms with van der Waals surface area (Å²) in [6, 6.07) is 8.39. The number of nitrogens with zero attached hydrogens (tertiary/aromatic N) is 2. The molecular formula is C11H10N4O. The SMILES string of the molecule is Nc1cc(NC(=O)c2ccccn2)ccn1. The van der Waals surface area contributed by atoms with E-state index in [4.69, 9.17) is 5.73 Å². The first-order chi connectivity index (χ1) is 7.75. The van der Waals surface area contributed by atoms with Crippen molar-refractivity contribution in [1.82, 2.24) is 9.97 Å². The van der Waals surface area contributed by atoms with Crippen molar-refractivity contribution in [3.05, 3.63) is 48.4 Å². The number of nitrogens with one attached hydrogen (secondary N) is 1. The normalized spacial score (nSPS) is 9.75. The van der Waals surface area contributed by atoms with Crippen LogP contribution in [-0.2, 0) is 0 Å². The lowest BCUT2D eigenvalue weighted by Crippen LogP contribution is -2.13. The molecule has 5 heteroatoms. The fourth-order valence-electron chi connectivity index (χ4n) is 1.22. The summed E-state index contributed by atoms with van der Waals surface area (Å²) >= 11 is 0. The first kappa shape index (κ1) is 10.1. The Bertz CT molecular complexity index is 498. The summed E-state index contributed by atoms with van der Waals surface area (Å²) in [6.07, 6.45) is 3.10. The van der Waals surface area contributed by atoms with E-state index in [1.165, 1.54) is 6.20 Å². The third kappa shape index (κ3) is 2.33. The summed E-state index contributed by atoms with van der Waals surface area (Å²) in [7, 11) is 0. The van der Waals surface area contributed by atoms with Crippen LogP contribution in [0.1, 0.15) is 10.5 Å². The molecule has 2 heterocycles. The molecule has 0 aliphatic heterocycles. The molecule has 0 saturated carbocycles. The van der Waals surface area contributed by atoms with Crippen molar-refractivity contribution < 1.29 is 4.79 Å². The number of hydrogen-bond acceptors (Lipinski definition) is 4. The number of pyridine rings is 2. The Balaban J connectivity index is 2.14. The minimum absolute atomic E-state index is 0.272. The summed E-state index contributed by atoms with van der Waals surface area (Å²) in [5, 5.41) is 2.68. The Morgan fingerprint density at radius 3 is 2.75 bits per heavy atom. The lowest BCUT2D eigenvalue weighted by atomic mass is 10.3. The van der Waals surface area contributed by atoms with Gasteiger partial charge in [-0.3, -0.25) is 9.78 Å². The van der Waals surface area contributed by atoms with Crippen molar-refractivity contribution in [1.29, 1.82) is 0 Å². The number of carbonyl (C=O) groups is 1.